The van der Waals surface area contributed by atoms with E-state index >= 15 is 0 Å². The van der Waals surface area contributed by atoms with Gasteiger partial charge in [-0.05, 0) is 6.92 Å². The topological polar surface area (TPSA) is 171 Å². The average molecular weight is 336 g/mol. The molecule has 0 aliphatic heterocycles. The van der Waals surface area contributed by atoms with Gasteiger partial charge in [0.2, 0.25) is 17.7 Å². The van der Waals surface area contributed by atoms with Gasteiger partial charge in [-0.2, -0.15) is 12.6 Å². The minimum Gasteiger partial charge on any atom is -0.480 e. The van der Waals surface area contributed by atoms with Gasteiger partial charge in [0.1, 0.15) is 12.1 Å². The number of amides is 3. The molecule has 0 aromatic heterocycles. The monoisotopic (exact) mass is 336 g/mol. The van der Waals surface area contributed by atoms with E-state index in [9.17, 15) is 19.2 Å². The normalized spacial score (nSPS) is 14.4. The van der Waals surface area contributed by atoms with Gasteiger partial charge in [-0.25, -0.2) is 4.79 Å². The third kappa shape index (κ3) is 7.24. The lowest BCUT2D eigenvalue weighted by Gasteiger charge is -2.19. The van der Waals surface area contributed by atoms with Crippen molar-refractivity contribution in [3.8, 4) is 0 Å². The Kier molecular flexibility index (Phi) is 9.13. The minimum atomic E-state index is -1.35. The minimum absolute atomic E-state index is 0.155. The zero-order valence-electron chi connectivity index (χ0n) is 11.9. The van der Waals surface area contributed by atoms with Crippen molar-refractivity contribution in [2.75, 3.05) is 18.9 Å². The Morgan fingerprint density at radius 2 is 1.73 bits per heavy atom. The second-order valence-electron chi connectivity index (χ2n) is 4.39. The molecule has 0 saturated heterocycles. The molecule has 0 unspecified atom stereocenters. The Morgan fingerprint density at radius 1 is 1.14 bits per heavy atom. The van der Waals surface area contributed by atoms with Crippen LogP contribution in [0, 0.1) is 0 Å². The van der Waals surface area contributed by atoms with Crippen molar-refractivity contribution in [2.45, 2.75) is 25.0 Å². The molecule has 0 fully saturated rings. The molecule has 0 bridgehead atoms. The maximum Gasteiger partial charge on any atom is 0.327 e. The highest BCUT2D eigenvalue weighted by molar-refractivity contribution is 7.80. The van der Waals surface area contributed by atoms with Crippen molar-refractivity contribution >= 4 is 36.3 Å². The number of carbonyl (C=O) groups is 4. The van der Waals surface area contributed by atoms with Crippen molar-refractivity contribution in [2.24, 2.45) is 5.73 Å². The summed E-state index contributed by atoms with van der Waals surface area (Å²) in [4.78, 5) is 45.2. The SMILES string of the molecule is C[C@H](N)C(=O)NCC(=O)N[C@@H](CO)C(=O)N[C@@H](CS)C(=O)O. The van der Waals surface area contributed by atoms with Crippen LogP contribution < -0.4 is 21.7 Å². The third-order valence-corrected chi connectivity index (χ3v) is 2.83. The molecule has 0 heterocycles. The first-order valence-electron chi connectivity index (χ1n) is 6.30. The maximum absolute atomic E-state index is 11.7. The summed E-state index contributed by atoms with van der Waals surface area (Å²) >= 11 is 3.77. The molecular formula is C11H20N4O6S. The van der Waals surface area contributed by atoms with Gasteiger partial charge in [0.15, 0.2) is 0 Å². The number of rotatable bonds is 9. The molecular weight excluding hydrogens is 316 g/mol. The fourth-order valence-electron chi connectivity index (χ4n) is 1.23. The van der Waals surface area contributed by atoms with Gasteiger partial charge in [0, 0.05) is 5.75 Å². The van der Waals surface area contributed by atoms with Gasteiger partial charge in [-0.1, -0.05) is 0 Å². The summed E-state index contributed by atoms with van der Waals surface area (Å²) in [6.45, 7) is 0.261. The smallest absolute Gasteiger partial charge is 0.327 e. The number of carbonyl (C=O) groups excluding carboxylic acids is 3. The highest BCUT2D eigenvalue weighted by atomic mass is 32.1. The number of carboxylic acids is 1. The highest BCUT2D eigenvalue weighted by Crippen LogP contribution is 1.91. The zero-order chi connectivity index (χ0) is 17.3. The van der Waals surface area contributed by atoms with Crippen LogP contribution in [0.25, 0.3) is 0 Å². The summed E-state index contributed by atoms with van der Waals surface area (Å²) in [6, 6.07) is -3.39. The average Bonchev–Trinajstić information content (AvgIpc) is 2.46. The summed E-state index contributed by atoms with van der Waals surface area (Å²) < 4.78 is 0. The summed E-state index contributed by atoms with van der Waals surface area (Å²) in [5, 5.41) is 24.4. The van der Waals surface area contributed by atoms with Crippen molar-refractivity contribution in [3.63, 3.8) is 0 Å². The molecule has 3 atom stereocenters. The predicted molar refractivity (Wildman–Crippen MR) is 79.1 cm³/mol. The zero-order valence-corrected chi connectivity index (χ0v) is 12.8. The van der Waals surface area contributed by atoms with Crippen molar-refractivity contribution < 1.29 is 29.4 Å². The Hall–Kier alpha value is -1.85. The molecule has 0 spiro atoms. The Balaban J connectivity index is 4.46. The fourth-order valence-corrected chi connectivity index (χ4v) is 1.47. The third-order valence-electron chi connectivity index (χ3n) is 2.47. The van der Waals surface area contributed by atoms with Crippen LogP contribution in [0.3, 0.4) is 0 Å². The highest BCUT2D eigenvalue weighted by Gasteiger charge is 2.25. The van der Waals surface area contributed by atoms with Crippen molar-refractivity contribution in [1.82, 2.24) is 16.0 Å². The van der Waals surface area contributed by atoms with Crippen molar-refractivity contribution in [3.05, 3.63) is 0 Å². The van der Waals surface area contributed by atoms with Gasteiger partial charge in [0.05, 0.1) is 19.2 Å². The molecule has 0 aliphatic carbocycles. The number of hydrogen-bond acceptors (Lipinski definition) is 7. The van der Waals surface area contributed by atoms with Gasteiger partial charge in [0.25, 0.3) is 0 Å². The maximum atomic E-state index is 11.7. The number of carboxylic acid groups (broad SMARTS) is 1. The predicted octanol–water partition coefficient (Wildman–Crippen LogP) is -3.57. The van der Waals surface area contributed by atoms with Gasteiger partial charge in [-0.15, -0.1) is 0 Å². The lowest BCUT2D eigenvalue weighted by Crippen LogP contribution is -2.55. The summed E-state index contributed by atoms with van der Waals surface area (Å²) in [5.74, 6) is -3.62. The van der Waals surface area contributed by atoms with Crippen LogP contribution in [0.1, 0.15) is 6.92 Å². The second-order valence-corrected chi connectivity index (χ2v) is 4.76. The van der Waals surface area contributed by atoms with E-state index in [1.807, 2.05) is 0 Å². The number of aliphatic hydroxyl groups is 1. The molecule has 0 saturated carbocycles. The number of thiol groups is 1. The molecule has 3 amide bonds. The molecule has 0 aliphatic rings. The molecule has 10 nitrogen and oxygen atoms in total. The molecule has 11 heteroatoms. The standard InChI is InChI=1S/C11H20N4O6S/c1-5(12)9(18)13-2-8(17)14-6(3-16)10(19)15-7(4-22)11(20)21/h5-7,16,22H,2-4,12H2,1H3,(H,13,18)(H,14,17)(H,15,19)(H,20,21)/t5-,6-,7-/m0/s1. The lowest BCUT2D eigenvalue weighted by atomic mass is 10.2. The Labute approximate surface area is 132 Å². The number of aliphatic carboxylic acids is 1. The second kappa shape index (κ2) is 9.97. The van der Waals surface area contributed by atoms with E-state index in [1.165, 1.54) is 6.92 Å². The first kappa shape index (κ1) is 20.1. The largest absolute Gasteiger partial charge is 0.480 e. The number of aliphatic hydroxyl groups excluding tert-OH is 1. The molecule has 126 valence electrons. The molecule has 22 heavy (non-hydrogen) atoms. The van der Waals surface area contributed by atoms with E-state index in [2.05, 4.69) is 28.6 Å². The van der Waals surface area contributed by atoms with Crippen molar-refractivity contribution in [1.29, 1.82) is 0 Å². The van der Waals surface area contributed by atoms with E-state index < -0.39 is 55.0 Å². The molecule has 7 N–H and O–H groups in total. The number of hydrogen-bond donors (Lipinski definition) is 7. The summed E-state index contributed by atoms with van der Waals surface area (Å²) in [5.41, 5.74) is 5.29. The van der Waals surface area contributed by atoms with Crippen LogP contribution in [-0.2, 0) is 19.2 Å². The van der Waals surface area contributed by atoms with Crippen LogP contribution >= 0.6 is 12.6 Å². The molecule has 0 radical (unpaired) electrons. The van der Waals surface area contributed by atoms with Crippen LogP contribution in [0.15, 0.2) is 0 Å². The van der Waals surface area contributed by atoms with Crippen LogP contribution in [0.2, 0.25) is 0 Å². The van der Waals surface area contributed by atoms with Crippen LogP contribution in [0.5, 0.6) is 0 Å². The molecule has 0 aromatic carbocycles. The van der Waals surface area contributed by atoms with Gasteiger partial charge in [-0.3, -0.25) is 14.4 Å². The number of nitrogens with one attached hydrogen (secondary N) is 3. The summed E-state index contributed by atoms with van der Waals surface area (Å²) in [7, 11) is 0. The molecule has 0 rings (SSSR count). The number of nitrogens with two attached hydrogens (primary N) is 1. The van der Waals surface area contributed by atoms with E-state index in [4.69, 9.17) is 15.9 Å². The summed E-state index contributed by atoms with van der Waals surface area (Å²) in [6.07, 6.45) is 0. The van der Waals surface area contributed by atoms with Crippen LogP contribution in [-0.4, -0.2) is 70.9 Å². The Morgan fingerprint density at radius 3 is 2.14 bits per heavy atom. The van der Waals surface area contributed by atoms with E-state index in [0.717, 1.165) is 0 Å². The van der Waals surface area contributed by atoms with Gasteiger partial charge >= 0.3 is 5.97 Å². The van der Waals surface area contributed by atoms with E-state index in [-0.39, 0.29) is 5.75 Å². The van der Waals surface area contributed by atoms with Crippen LogP contribution in [0.4, 0.5) is 0 Å². The first-order valence-corrected chi connectivity index (χ1v) is 6.93. The molecule has 0 aromatic rings. The lowest BCUT2D eigenvalue weighted by molar-refractivity contribution is -0.141. The van der Waals surface area contributed by atoms with E-state index in [0.29, 0.717) is 0 Å². The Bertz CT molecular complexity index is 431. The van der Waals surface area contributed by atoms with E-state index in [1.54, 1.807) is 0 Å². The van der Waals surface area contributed by atoms with Gasteiger partial charge < -0.3 is 31.9 Å². The fraction of sp³-hybridized carbons (Fsp3) is 0.636. The quantitative estimate of drug-likeness (QED) is 0.213. The first-order chi connectivity index (χ1) is 10.2.